The van der Waals surface area contributed by atoms with Gasteiger partial charge in [-0.25, -0.2) is 14.3 Å². The number of carboxylic acid groups (broad SMARTS) is 1. The zero-order valence-corrected chi connectivity index (χ0v) is 15.4. The maximum atomic E-state index is 12.4. The molecule has 0 unspecified atom stereocenters. The number of pyridine rings is 1. The summed E-state index contributed by atoms with van der Waals surface area (Å²) < 4.78 is 1.67. The smallest absolute Gasteiger partial charge is 0.407 e. The molecule has 0 atom stereocenters. The highest BCUT2D eigenvalue weighted by Gasteiger charge is 2.25. The second-order valence-corrected chi connectivity index (χ2v) is 7.64. The molecular weight excluding hydrogens is 366 g/mol. The number of carbonyl (C=O) groups excluding carboxylic acids is 1. The molecule has 9 heteroatoms. The minimum Gasteiger partial charge on any atom is -0.465 e. The van der Waals surface area contributed by atoms with Crippen LogP contribution in [0.25, 0.3) is 5.65 Å². The molecular formula is C18H19N5O3S. The van der Waals surface area contributed by atoms with E-state index in [1.807, 2.05) is 30.5 Å². The maximum Gasteiger partial charge on any atom is 0.407 e. The van der Waals surface area contributed by atoms with E-state index in [2.05, 4.69) is 15.4 Å². The average Bonchev–Trinajstić information content (AvgIpc) is 3.35. The molecule has 4 rings (SSSR count). The normalized spacial score (nSPS) is 15.2. The zero-order chi connectivity index (χ0) is 18.8. The topological polar surface area (TPSA) is 99.8 Å². The first-order valence-corrected chi connectivity index (χ1v) is 9.56. The van der Waals surface area contributed by atoms with E-state index in [9.17, 15) is 9.59 Å². The van der Waals surface area contributed by atoms with Crippen LogP contribution in [0.5, 0.6) is 0 Å². The Morgan fingerprint density at radius 1 is 1.22 bits per heavy atom. The summed E-state index contributed by atoms with van der Waals surface area (Å²) >= 11 is 1.49. The highest BCUT2D eigenvalue weighted by atomic mass is 32.1. The summed E-state index contributed by atoms with van der Waals surface area (Å²) in [5, 5.41) is 16.1. The molecule has 3 aromatic rings. The molecule has 27 heavy (non-hydrogen) atoms. The van der Waals surface area contributed by atoms with Crippen LogP contribution in [-0.4, -0.2) is 49.7 Å². The molecule has 2 amide bonds. The SMILES string of the molecule is O=C(NCc1ccc2ncnn2c1)c1ccc(C2CCN(C(=O)O)CC2)s1. The molecule has 0 spiro atoms. The lowest BCUT2D eigenvalue weighted by molar-refractivity contribution is 0.0954. The lowest BCUT2D eigenvalue weighted by atomic mass is 9.95. The van der Waals surface area contributed by atoms with Gasteiger partial charge in [0.1, 0.15) is 6.33 Å². The molecule has 1 aliphatic rings. The molecule has 0 aromatic carbocycles. The third kappa shape index (κ3) is 3.77. The number of piperidine rings is 1. The van der Waals surface area contributed by atoms with Gasteiger partial charge in [0.05, 0.1) is 4.88 Å². The molecule has 1 saturated heterocycles. The van der Waals surface area contributed by atoms with Crippen molar-refractivity contribution in [3.63, 3.8) is 0 Å². The van der Waals surface area contributed by atoms with E-state index in [1.165, 1.54) is 22.6 Å². The van der Waals surface area contributed by atoms with E-state index >= 15 is 0 Å². The minimum atomic E-state index is -0.858. The summed E-state index contributed by atoms with van der Waals surface area (Å²) in [6.07, 6.45) is 4.08. The number of hydrogen-bond acceptors (Lipinski definition) is 5. The van der Waals surface area contributed by atoms with E-state index in [1.54, 1.807) is 4.52 Å². The number of aromatic nitrogens is 3. The molecule has 4 heterocycles. The standard InChI is InChI=1S/C18H19N5O3S/c24-17(19-9-12-1-4-16-20-11-21-23(16)10-12)15-3-2-14(27-15)13-5-7-22(8-6-13)18(25)26/h1-4,10-11,13H,5-9H2,(H,19,24)(H,25,26). The molecule has 0 radical (unpaired) electrons. The first-order chi connectivity index (χ1) is 13.1. The Balaban J connectivity index is 1.35. The van der Waals surface area contributed by atoms with Crippen LogP contribution in [0, 0.1) is 0 Å². The maximum absolute atomic E-state index is 12.4. The fourth-order valence-corrected chi connectivity index (χ4v) is 4.38. The van der Waals surface area contributed by atoms with Gasteiger partial charge < -0.3 is 15.3 Å². The van der Waals surface area contributed by atoms with Gasteiger partial charge in [0, 0.05) is 30.7 Å². The Labute approximate surface area is 159 Å². The van der Waals surface area contributed by atoms with Crippen molar-refractivity contribution >= 4 is 29.0 Å². The number of nitrogens with zero attached hydrogens (tertiary/aromatic N) is 4. The van der Waals surface area contributed by atoms with Gasteiger partial charge in [-0.1, -0.05) is 6.07 Å². The Hall–Kier alpha value is -2.94. The van der Waals surface area contributed by atoms with E-state index in [0.29, 0.717) is 30.4 Å². The number of amides is 2. The predicted octanol–water partition coefficient (Wildman–Crippen LogP) is 2.58. The van der Waals surface area contributed by atoms with Crippen LogP contribution in [0.3, 0.4) is 0 Å². The molecule has 140 valence electrons. The van der Waals surface area contributed by atoms with Crippen LogP contribution in [0.4, 0.5) is 4.79 Å². The molecule has 1 fully saturated rings. The molecule has 0 aliphatic carbocycles. The quantitative estimate of drug-likeness (QED) is 0.719. The van der Waals surface area contributed by atoms with Crippen molar-refractivity contribution in [2.24, 2.45) is 0 Å². The van der Waals surface area contributed by atoms with Gasteiger partial charge in [-0.3, -0.25) is 4.79 Å². The number of nitrogens with one attached hydrogen (secondary N) is 1. The van der Waals surface area contributed by atoms with Gasteiger partial charge in [-0.15, -0.1) is 11.3 Å². The second kappa shape index (κ2) is 7.36. The van der Waals surface area contributed by atoms with Gasteiger partial charge in [0.2, 0.25) is 0 Å². The van der Waals surface area contributed by atoms with Gasteiger partial charge in [-0.05, 0) is 42.5 Å². The van der Waals surface area contributed by atoms with Crippen molar-refractivity contribution in [3.05, 3.63) is 52.1 Å². The van der Waals surface area contributed by atoms with Crippen molar-refractivity contribution in [1.29, 1.82) is 0 Å². The van der Waals surface area contributed by atoms with Crippen LogP contribution in [0.15, 0.2) is 36.8 Å². The van der Waals surface area contributed by atoms with Crippen molar-refractivity contribution in [3.8, 4) is 0 Å². The number of hydrogen-bond donors (Lipinski definition) is 2. The first-order valence-electron chi connectivity index (χ1n) is 8.74. The molecule has 1 aliphatic heterocycles. The van der Waals surface area contributed by atoms with Gasteiger partial charge in [0.25, 0.3) is 5.91 Å². The summed E-state index contributed by atoms with van der Waals surface area (Å²) in [6, 6.07) is 7.61. The number of fused-ring (bicyclic) bond motifs is 1. The lowest BCUT2D eigenvalue weighted by Gasteiger charge is -2.29. The van der Waals surface area contributed by atoms with E-state index in [0.717, 1.165) is 28.9 Å². The Kier molecular flexibility index (Phi) is 4.76. The van der Waals surface area contributed by atoms with E-state index < -0.39 is 6.09 Å². The Morgan fingerprint density at radius 3 is 2.81 bits per heavy atom. The Morgan fingerprint density at radius 2 is 2.04 bits per heavy atom. The number of rotatable bonds is 4. The molecule has 0 bridgehead atoms. The van der Waals surface area contributed by atoms with Gasteiger partial charge in [0.15, 0.2) is 5.65 Å². The van der Waals surface area contributed by atoms with Crippen LogP contribution in [0.2, 0.25) is 0 Å². The van der Waals surface area contributed by atoms with Crippen molar-refractivity contribution in [2.45, 2.75) is 25.3 Å². The first kappa shape index (κ1) is 17.5. The molecule has 3 aromatic heterocycles. The summed E-state index contributed by atoms with van der Waals surface area (Å²) in [6.45, 7) is 1.51. The monoisotopic (exact) mass is 385 g/mol. The van der Waals surface area contributed by atoms with Gasteiger partial charge >= 0.3 is 6.09 Å². The minimum absolute atomic E-state index is 0.104. The highest BCUT2D eigenvalue weighted by Crippen LogP contribution is 2.33. The second-order valence-electron chi connectivity index (χ2n) is 6.53. The number of thiophene rings is 1. The third-order valence-corrected chi connectivity index (χ3v) is 6.05. The summed E-state index contributed by atoms with van der Waals surface area (Å²) in [5.41, 5.74) is 1.71. The van der Waals surface area contributed by atoms with Crippen molar-refractivity contribution in [1.82, 2.24) is 24.8 Å². The predicted molar refractivity (Wildman–Crippen MR) is 100 cm³/mol. The highest BCUT2D eigenvalue weighted by molar-refractivity contribution is 7.14. The molecule has 2 N–H and O–H groups in total. The van der Waals surface area contributed by atoms with Crippen molar-refractivity contribution in [2.75, 3.05) is 13.1 Å². The third-order valence-electron chi connectivity index (χ3n) is 4.81. The molecule has 8 nitrogen and oxygen atoms in total. The van der Waals surface area contributed by atoms with Crippen LogP contribution >= 0.6 is 11.3 Å². The summed E-state index contributed by atoms with van der Waals surface area (Å²) in [4.78, 5) is 30.8. The largest absolute Gasteiger partial charge is 0.465 e. The zero-order valence-electron chi connectivity index (χ0n) is 14.5. The lowest BCUT2D eigenvalue weighted by Crippen LogP contribution is -2.36. The average molecular weight is 385 g/mol. The number of likely N-dealkylation sites (tertiary alicyclic amines) is 1. The van der Waals surface area contributed by atoms with E-state index in [4.69, 9.17) is 5.11 Å². The molecule has 0 saturated carbocycles. The summed E-state index contributed by atoms with van der Waals surface area (Å²) in [5.74, 6) is 0.217. The van der Waals surface area contributed by atoms with Crippen LogP contribution in [0.1, 0.15) is 38.9 Å². The number of carbonyl (C=O) groups is 2. The van der Waals surface area contributed by atoms with Crippen LogP contribution in [-0.2, 0) is 6.54 Å². The van der Waals surface area contributed by atoms with Crippen LogP contribution < -0.4 is 5.32 Å². The van der Waals surface area contributed by atoms with Crippen molar-refractivity contribution < 1.29 is 14.7 Å². The fourth-order valence-electron chi connectivity index (χ4n) is 3.28. The van der Waals surface area contributed by atoms with Gasteiger partial charge in [-0.2, -0.15) is 5.10 Å². The summed E-state index contributed by atoms with van der Waals surface area (Å²) in [7, 11) is 0. The van der Waals surface area contributed by atoms with E-state index in [-0.39, 0.29) is 5.91 Å². The fraction of sp³-hybridized carbons (Fsp3) is 0.333. The Bertz CT molecular complexity index is 974.